The average molecular weight is 416 g/mol. The van der Waals surface area contributed by atoms with E-state index in [0.29, 0.717) is 34.9 Å². The maximum absolute atomic E-state index is 12.5. The predicted octanol–water partition coefficient (Wildman–Crippen LogP) is 0.585. The van der Waals surface area contributed by atoms with Crippen molar-refractivity contribution in [1.82, 2.24) is 30.7 Å². The number of nitrogens with two attached hydrogens (primary N) is 1. The Morgan fingerprint density at radius 1 is 1.23 bits per heavy atom. The largest absolute Gasteiger partial charge is 0.493 e. The molecule has 0 fully saturated rings. The van der Waals surface area contributed by atoms with E-state index in [0.717, 1.165) is 0 Å². The van der Waals surface area contributed by atoms with E-state index in [2.05, 4.69) is 35.8 Å². The zero-order chi connectivity index (χ0) is 21.7. The van der Waals surface area contributed by atoms with Crippen LogP contribution in [0, 0.1) is 0 Å². The number of carbonyl (C=O) groups excluding carboxylic acids is 1. The smallest absolute Gasteiger partial charge is 0.293 e. The first kappa shape index (κ1) is 20.6. The van der Waals surface area contributed by atoms with Crippen LogP contribution in [0.4, 0.5) is 5.82 Å². The summed E-state index contributed by atoms with van der Waals surface area (Å²) in [7, 11) is 4.52. The van der Waals surface area contributed by atoms with Gasteiger partial charge in [-0.25, -0.2) is 10.1 Å². The highest BCUT2D eigenvalue weighted by Crippen LogP contribution is 2.37. The van der Waals surface area contributed by atoms with Crippen molar-refractivity contribution >= 4 is 17.9 Å². The van der Waals surface area contributed by atoms with Crippen LogP contribution in [0.2, 0.25) is 0 Å². The summed E-state index contributed by atoms with van der Waals surface area (Å²) in [6.07, 6.45) is 1.86. The molecule has 13 nitrogen and oxygen atoms in total. The van der Waals surface area contributed by atoms with E-state index in [1.165, 1.54) is 32.2 Å². The molecule has 0 radical (unpaired) electrons. The lowest BCUT2D eigenvalue weighted by Crippen LogP contribution is -2.20. The summed E-state index contributed by atoms with van der Waals surface area (Å²) in [5.41, 5.74) is 9.25. The van der Waals surface area contributed by atoms with Gasteiger partial charge in [0, 0.05) is 5.56 Å². The van der Waals surface area contributed by atoms with Crippen molar-refractivity contribution < 1.29 is 23.6 Å². The number of carbonyl (C=O) groups is 1. The predicted molar refractivity (Wildman–Crippen MR) is 104 cm³/mol. The second-order valence-corrected chi connectivity index (χ2v) is 5.78. The Morgan fingerprint density at radius 3 is 2.47 bits per heavy atom. The molecule has 0 aliphatic carbocycles. The topological polar surface area (TPSA) is 165 Å². The van der Waals surface area contributed by atoms with E-state index >= 15 is 0 Å². The molecule has 158 valence electrons. The van der Waals surface area contributed by atoms with Crippen LogP contribution < -0.4 is 25.4 Å². The van der Waals surface area contributed by atoms with Gasteiger partial charge in [0.2, 0.25) is 17.4 Å². The van der Waals surface area contributed by atoms with E-state index < -0.39 is 5.91 Å². The Morgan fingerprint density at radius 2 is 1.93 bits per heavy atom. The summed E-state index contributed by atoms with van der Waals surface area (Å²) in [4.78, 5) is 12.5. The SMILES string of the molecule is CCc1c(C(=O)N/N=C/c2cc(OC)c(OC)c(OC)c2)nnn1-c1nonc1N. The summed E-state index contributed by atoms with van der Waals surface area (Å²) < 4.78 is 21.7. The number of benzene rings is 1. The van der Waals surface area contributed by atoms with Crippen molar-refractivity contribution in [1.29, 1.82) is 0 Å². The highest BCUT2D eigenvalue weighted by atomic mass is 16.6. The lowest BCUT2D eigenvalue weighted by molar-refractivity contribution is 0.0949. The first-order valence-electron chi connectivity index (χ1n) is 8.70. The lowest BCUT2D eigenvalue weighted by Gasteiger charge is -2.12. The normalized spacial score (nSPS) is 10.9. The minimum Gasteiger partial charge on any atom is -0.493 e. The molecule has 0 spiro atoms. The maximum atomic E-state index is 12.5. The van der Waals surface area contributed by atoms with Crippen LogP contribution in [0.25, 0.3) is 5.82 Å². The molecule has 0 unspecified atom stereocenters. The minimum atomic E-state index is -0.559. The van der Waals surface area contributed by atoms with E-state index in [9.17, 15) is 4.79 Å². The number of ether oxygens (including phenoxy) is 3. The standard InChI is InChI=1S/C17H20N8O5/c1-5-10-13(20-24-25(10)16-15(18)22-30-23-16)17(26)21-19-8-9-6-11(27-2)14(29-4)12(7-9)28-3/h6-8H,5H2,1-4H3,(H2,18,22)(H,21,26)/b19-8+. The zero-order valence-corrected chi connectivity index (χ0v) is 16.7. The fourth-order valence-corrected chi connectivity index (χ4v) is 2.70. The molecule has 0 bridgehead atoms. The Kier molecular flexibility index (Phi) is 6.10. The van der Waals surface area contributed by atoms with Gasteiger partial charge in [0.1, 0.15) is 0 Å². The molecular weight excluding hydrogens is 396 g/mol. The Labute approximate surface area is 170 Å². The van der Waals surface area contributed by atoms with Crippen molar-refractivity contribution in [3.8, 4) is 23.1 Å². The molecule has 0 saturated heterocycles. The molecule has 3 rings (SSSR count). The van der Waals surface area contributed by atoms with Gasteiger partial charge in [-0.2, -0.15) is 9.78 Å². The van der Waals surface area contributed by atoms with Crippen LogP contribution in [0.1, 0.15) is 28.7 Å². The maximum Gasteiger partial charge on any atom is 0.293 e. The van der Waals surface area contributed by atoms with Gasteiger partial charge < -0.3 is 19.9 Å². The molecule has 1 amide bonds. The number of hydrogen-bond donors (Lipinski definition) is 2. The van der Waals surface area contributed by atoms with Gasteiger partial charge in [-0.05, 0) is 28.9 Å². The van der Waals surface area contributed by atoms with E-state index in [4.69, 9.17) is 19.9 Å². The highest BCUT2D eigenvalue weighted by molar-refractivity contribution is 5.94. The fourth-order valence-electron chi connectivity index (χ4n) is 2.70. The molecule has 0 atom stereocenters. The summed E-state index contributed by atoms with van der Waals surface area (Å²) in [6, 6.07) is 3.37. The molecule has 0 saturated carbocycles. The first-order valence-corrected chi connectivity index (χ1v) is 8.70. The van der Waals surface area contributed by atoms with Crippen molar-refractivity contribution in [2.45, 2.75) is 13.3 Å². The first-order chi connectivity index (χ1) is 14.5. The monoisotopic (exact) mass is 416 g/mol. The van der Waals surface area contributed by atoms with Gasteiger partial charge in [-0.15, -0.1) is 5.10 Å². The lowest BCUT2D eigenvalue weighted by atomic mass is 10.2. The van der Waals surface area contributed by atoms with Crippen molar-refractivity contribution in [3.05, 3.63) is 29.1 Å². The zero-order valence-electron chi connectivity index (χ0n) is 16.7. The third-order valence-corrected chi connectivity index (χ3v) is 4.08. The second kappa shape index (κ2) is 8.89. The van der Waals surface area contributed by atoms with Crippen LogP contribution in [-0.2, 0) is 6.42 Å². The number of nitrogens with one attached hydrogen (secondary N) is 1. The van der Waals surface area contributed by atoms with E-state index in [1.807, 2.05) is 6.92 Å². The van der Waals surface area contributed by atoms with Gasteiger partial charge >= 0.3 is 0 Å². The molecule has 1 aromatic carbocycles. The number of hydrazone groups is 1. The van der Waals surface area contributed by atoms with Gasteiger partial charge in [0.05, 0.1) is 33.2 Å². The third-order valence-electron chi connectivity index (χ3n) is 4.08. The molecule has 0 aliphatic heterocycles. The number of methoxy groups -OCH3 is 3. The highest BCUT2D eigenvalue weighted by Gasteiger charge is 2.22. The van der Waals surface area contributed by atoms with Crippen LogP contribution in [-0.4, -0.2) is 58.8 Å². The van der Waals surface area contributed by atoms with Crippen LogP contribution >= 0.6 is 0 Å². The number of nitrogen functional groups attached to an aromatic ring is 1. The van der Waals surface area contributed by atoms with Gasteiger partial charge in [0.25, 0.3) is 5.91 Å². The molecule has 30 heavy (non-hydrogen) atoms. The molecule has 2 heterocycles. The Bertz CT molecular complexity index is 1050. The van der Waals surface area contributed by atoms with Crippen molar-refractivity contribution in [3.63, 3.8) is 0 Å². The molecular formula is C17H20N8O5. The van der Waals surface area contributed by atoms with Gasteiger partial charge in [-0.1, -0.05) is 12.1 Å². The quantitative estimate of drug-likeness (QED) is 0.392. The van der Waals surface area contributed by atoms with Gasteiger partial charge in [-0.3, -0.25) is 4.79 Å². The summed E-state index contributed by atoms with van der Waals surface area (Å²) >= 11 is 0. The third kappa shape index (κ3) is 3.85. The number of hydrogen-bond acceptors (Lipinski definition) is 11. The fraction of sp³-hybridized carbons (Fsp3) is 0.294. The number of rotatable bonds is 8. The van der Waals surface area contributed by atoms with E-state index in [-0.39, 0.29) is 17.3 Å². The molecule has 0 aliphatic rings. The summed E-state index contributed by atoms with van der Waals surface area (Å²) in [5.74, 6) is 0.990. The molecule has 2 aromatic heterocycles. The van der Waals surface area contributed by atoms with Crippen LogP contribution in [0.3, 0.4) is 0 Å². The van der Waals surface area contributed by atoms with Crippen molar-refractivity contribution in [2.75, 3.05) is 27.1 Å². The van der Waals surface area contributed by atoms with Crippen LogP contribution in [0.5, 0.6) is 17.2 Å². The minimum absolute atomic E-state index is 0.0296. The van der Waals surface area contributed by atoms with Gasteiger partial charge in [0.15, 0.2) is 17.2 Å². The summed E-state index contributed by atoms with van der Waals surface area (Å²) in [5, 5.41) is 18.9. The number of aromatic nitrogens is 5. The van der Waals surface area contributed by atoms with E-state index in [1.54, 1.807) is 12.1 Å². The Balaban J connectivity index is 1.80. The van der Waals surface area contributed by atoms with Crippen LogP contribution in [0.15, 0.2) is 21.9 Å². The number of amides is 1. The molecule has 3 N–H and O–H groups in total. The number of nitrogens with zero attached hydrogens (tertiary/aromatic N) is 6. The second-order valence-electron chi connectivity index (χ2n) is 5.78. The van der Waals surface area contributed by atoms with Crippen molar-refractivity contribution in [2.24, 2.45) is 5.10 Å². The molecule has 3 aromatic rings. The number of anilines is 1. The summed E-state index contributed by atoms with van der Waals surface area (Å²) in [6.45, 7) is 1.83. The molecule has 13 heteroatoms. The Hall–Kier alpha value is -4.16. The average Bonchev–Trinajstić information content (AvgIpc) is 3.38.